The van der Waals surface area contributed by atoms with Gasteiger partial charge in [-0.3, -0.25) is 0 Å². The molecule has 0 radical (unpaired) electrons. The van der Waals surface area contributed by atoms with Gasteiger partial charge in [0, 0.05) is 13.6 Å². The lowest BCUT2D eigenvalue weighted by molar-refractivity contribution is 0.493. The van der Waals surface area contributed by atoms with E-state index in [1.165, 1.54) is 4.31 Å². The second-order valence-corrected chi connectivity index (χ2v) is 7.41. The van der Waals surface area contributed by atoms with Crippen LogP contribution in [-0.4, -0.2) is 39.4 Å². The van der Waals surface area contributed by atoms with E-state index < -0.39 is 10.0 Å². The second kappa shape index (κ2) is 8.32. The third-order valence-electron chi connectivity index (χ3n) is 3.14. The number of benzene rings is 1. The molecule has 0 saturated heterocycles. The maximum Gasteiger partial charge on any atom is 0.243 e. The molecule has 0 amide bonds. The minimum Gasteiger partial charge on any atom is -0.316 e. The summed E-state index contributed by atoms with van der Waals surface area (Å²) < 4.78 is 26.0. The summed E-state index contributed by atoms with van der Waals surface area (Å²) in [6, 6.07) is 7.13. The molecule has 0 aromatic heterocycles. The summed E-state index contributed by atoms with van der Waals surface area (Å²) in [5, 5.41) is 3.33. The molecular weight excluding hydrogens is 284 g/mol. The van der Waals surface area contributed by atoms with Crippen LogP contribution in [0.4, 0.5) is 0 Å². The lowest BCUT2D eigenvalue weighted by Crippen LogP contribution is -2.28. The van der Waals surface area contributed by atoms with Crippen molar-refractivity contribution in [1.82, 2.24) is 9.62 Å². The molecule has 4 nitrogen and oxygen atoms in total. The van der Waals surface area contributed by atoms with Gasteiger partial charge in [-0.2, -0.15) is 4.31 Å². The fraction of sp³-hybridized carbons (Fsp3) is 0.500. The van der Waals surface area contributed by atoms with Crippen molar-refractivity contribution in [2.24, 2.45) is 0 Å². The van der Waals surface area contributed by atoms with Gasteiger partial charge in [-0.25, -0.2) is 8.42 Å². The van der Waals surface area contributed by atoms with Crippen LogP contribution in [0.3, 0.4) is 0 Å². The van der Waals surface area contributed by atoms with E-state index in [2.05, 4.69) is 18.8 Å². The van der Waals surface area contributed by atoms with Gasteiger partial charge in [0.15, 0.2) is 0 Å². The Labute approximate surface area is 128 Å². The number of hydrogen-bond donors (Lipinski definition) is 1. The number of hydrogen-bond acceptors (Lipinski definition) is 3. The quantitative estimate of drug-likeness (QED) is 0.563. The molecule has 0 heterocycles. The van der Waals surface area contributed by atoms with E-state index in [-0.39, 0.29) is 0 Å². The average molecular weight is 310 g/mol. The lowest BCUT2D eigenvalue weighted by Gasteiger charge is -2.17. The molecule has 1 N–H and O–H groups in total. The predicted octanol–water partition coefficient (Wildman–Crippen LogP) is 2.43. The average Bonchev–Trinajstić information content (AvgIpc) is 2.43. The van der Waals surface area contributed by atoms with Crippen molar-refractivity contribution in [3.05, 3.63) is 42.0 Å². The van der Waals surface area contributed by atoms with Crippen molar-refractivity contribution in [2.75, 3.05) is 26.7 Å². The fourth-order valence-corrected chi connectivity index (χ4v) is 3.24. The van der Waals surface area contributed by atoms with Gasteiger partial charge in [0.2, 0.25) is 10.0 Å². The molecule has 1 aromatic carbocycles. The Morgan fingerprint density at radius 3 is 2.38 bits per heavy atom. The highest BCUT2D eigenvalue weighted by atomic mass is 32.2. The van der Waals surface area contributed by atoms with E-state index in [4.69, 9.17) is 0 Å². The minimum atomic E-state index is -3.42. The first-order chi connectivity index (χ1) is 9.87. The van der Waals surface area contributed by atoms with E-state index in [0.29, 0.717) is 11.4 Å². The lowest BCUT2D eigenvalue weighted by atomic mass is 10.1. The van der Waals surface area contributed by atoms with Crippen molar-refractivity contribution in [2.45, 2.75) is 31.6 Å². The summed E-state index contributed by atoms with van der Waals surface area (Å²) in [5.74, 6) is 0. The second-order valence-electron chi connectivity index (χ2n) is 5.36. The van der Waals surface area contributed by atoms with Crippen molar-refractivity contribution < 1.29 is 8.42 Å². The SMILES string of the molecule is C=C(C)CN(C)S(=O)(=O)c1ccc(CCNCCC)cc1. The van der Waals surface area contributed by atoms with Crippen LogP contribution >= 0.6 is 0 Å². The minimum absolute atomic E-state index is 0.330. The highest BCUT2D eigenvalue weighted by molar-refractivity contribution is 7.89. The maximum atomic E-state index is 12.4. The van der Waals surface area contributed by atoms with Gasteiger partial charge in [0.1, 0.15) is 0 Å². The zero-order chi connectivity index (χ0) is 15.9. The van der Waals surface area contributed by atoms with Crippen LogP contribution < -0.4 is 5.32 Å². The smallest absolute Gasteiger partial charge is 0.243 e. The van der Waals surface area contributed by atoms with Gasteiger partial charge in [0.25, 0.3) is 0 Å². The first kappa shape index (κ1) is 17.9. The number of rotatable bonds is 9. The van der Waals surface area contributed by atoms with E-state index in [0.717, 1.165) is 37.1 Å². The first-order valence-corrected chi connectivity index (χ1v) is 8.72. The van der Waals surface area contributed by atoms with Gasteiger partial charge < -0.3 is 5.32 Å². The Kier molecular flexibility index (Phi) is 7.08. The summed E-state index contributed by atoms with van der Waals surface area (Å²) in [4.78, 5) is 0.330. The fourth-order valence-electron chi connectivity index (χ4n) is 2.01. The van der Waals surface area contributed by atoms with Gasteiger partial charge in [-0.15, -0.1) is 0 Å². The van der Waals surface area contributed by atoms with Crippen LogP contribution in [0.2, 0.25) is 0 Å². The number of sulfonamides is 1. The van der Waals surface area contributed by atoms with Crippen LogP contribution in [0.25, 0.3) is 0 Å². The molecule has 5 heteroatoms. The number of nitrogens with one attached hydrogen (secondary N) is 1. The van der Waals surface area contributed by atoms with Crippen LogP contribution in [0.1, 0.15) is 25.8 Å². The van der Waals surface area contributed by atoms with Crippen molar-refractivity contribution >= 4 is 10.0 Å². The maximum absolute atomic E-state index is 12.4. The Morgan fingerprint density at radius 1 is 1.24 bits per heavy atom. The zero-order valence-corrected chi connectivity index (χ0v) is 14.0. The molecular formula is C16H26N2O2S. The van der Waals surface area contributed by atoms with Gasteiger partial charge in [-0.05, 0) is 50.6 Å². The summed E-state index contributed by atoms with van der Waals surface area (Å²) in [5.41, 5.74) is 1.96. The third kappa shape index (κ3) is 5.61. The molecule has 0 saturated carbocycles. The number of likely N-dealkylation sites (N-methyl/N-ethyl adjacent to an activating group) is 1. The van der Waals surface area contributed by atoms with Crippen LogP contribution in [-0.2, 0) is 16.4 Å². The normalized spacial score (nSPS) is 11.8. The Morgan fingerprint density at radius 2 is 1.86 bits per heavy atom. The van der Waals surface area contributed by atoms with Crippen LogP contribution in [0.5, 0.6) is 0 Å². The van der Waals surface area contributed by atoms with Crippen molar-refractivity contribution in [3.63, 3.8) is 0 Å². The molecule has 1 rings (SSSR count). The molecule has 118 valence electrons. The molecule has 0 atom stereocenters. The first-order valence-electron chi connectivity index (χ1n) is 7.28. The molecule has 0 aliphatic heterocycles. The highest BCUT2D eigenvalue weighted by Gasteiger charge is 2.20. The van der Waals surface area contributed by atoms with E-state index in [1.807, 2.05) is 19.1 Å². The van der Waals surface area contributed by atoms with Crippen molar-refractivity contribution in [3.8, 4) is 0 Å². The monoisotopic (exact) mass is 310 g/mol. The standard InChI is InChI=1S/C16H26N2O2S/c1-5-11-17-12-10-15-6-8-16(9-7-15)21(19,20)18(4)13-14(2)3/h6-9,17H,2,5,10-13H2,1,3-4H3. The largest absolute Gasteiger partial charge is 0.316 e. The van der Waals surface area contributed by atoms with Gasteiger partial charge in [-0.1, -0.05) is 31.2 Å². The Hall–Kier alpha value is -1.17. The summed E-state index contributed by atoms with van der Waals surface area (Å²) in [7, 11) is -1.85. The van der Waals surface area contributed by atoms with Crippen LogP contribution in [0.15, 0.2) is 41.3 Å². The zero-order valence-electron chi connectivity index (χ0n) is 13.2. The molecule has 0 fully saturated rings. The molecule has 0 unspecified atom stereocenters. The van der Waals surface area contributed by atoms with Crippen molar-refractivity contribution in [1.29, 1.82) is 0 Å². The summed E-state index contributed by atoms with van der Waals surface area (Å²) in [6.45, 7) is 9.97. The summed E-state index contributed by atoms with van der Waals surface area (Å²) in [6.07, 6.45) is 2.02. The summed E-state index contributed by atoms with van der Waals surface area (Å²) >= 11 is 0. The van der Waals surface area contributed by atoms with E-state index >= 15 is 0 Å². The van der Waals surface area contributed by atoms with E-state index in [1.54, 1.807) is 19.2 Å². The Bertz CT molecular complexity index is 550. The highest BCUT2D eigenvalue weighted by Crippen LogP contribution is 2.16. The Balaban J connectivity index is 2.70. The third-order valence-corrected chi connectivity index (χ3v) is 4.96. The topological polar surface area (TPSA) is 49.4 Å². The molecule has 21 heavy (non-hydrogen) atoms. The molecule has 0 spiro atoms. The van der Waals surface area contributed by atoms with E-state index in [9.17, 15) is 8.42 Å². The van der Waals surface area contributed by atoms with Gasteiger partial charge in [0.05, 0.1) is 4.90 Å². The van der Waals surface area contributed by atoms with Gasteiger partial charge >= 0.3 is 0 Å². The predicted molar refractivity (Wildman–Crippen MR) is 87.9 cm³/mol. The molecule has 0 aliphatic rings. The molecule has 0 aliphatic carbocycles. The molecule has 0 bridgehead atoms. The number of nitrogens with zero attached hydrogens (tertiary/aromatic N) is 1. The molecule has 1 aromatic rings. The van der Waals surface area contributed by atoms with Crippen LogP contribution in [0, 0.1) is 0 Å².